The monoisotopic (exact) mass is 217 g/mol. The number of hydrogen-bond donors (Lipinski definition) is 1. The van der Waals surface area contributed by atoms with Gasteiger partial charge in [-0.2, -0.15) is 0 Å². The first-order valence-corrected chi connectivity index (χ1v) is 6.23. The fraction of sp³-hybridized carbons (Fsp3) is 0.571. The Balaban J connectivity index is 2.07. The third kappa shape index (κ3) is 1.36. The molecule has 0 amide bonds. The van der Waals surface area contributed by atoms with Gasteiger partial charge in [-0.15, -0.1) is 0 Å². The highest BCUT2D eigenvalue weighted by molar-refractivity contribution is 5.64. The minimum atomic E-state index is 0.577. The number of nitrogens with two attached hydrogens (primary N) is 1. The lowest BCUT2D eigenvalue weighted by molar-refractivity contribution is 0.179. The Morgan fingerprint density at radius 2 is 2.19 bits per heavy atom. The second-order valence-electron chi connectivity index (χ2n) is 5.04. The summed E-state index contributed by atoms with van der Waals surface area (Å²) >= 11 is 0. The third-order valence-corrected chi connectivity index (χ3v) is 4.14. The van der Waals surface area contributed by atoms with Gasteiger partial charge in [0.2, 0.25) is 0 Å². The molecule has 0 bridgehead atoms. The Labute approximate surface area is 96.8 Å². The van der Waals surface area contributed by atoms with E-state index in [1.165, 1.54) is 47.9 Å². The molecule has 1 atom stereocenters. The molecule has 0 saturated carbocycles. The minimum absolute atomic E-state index is 0.577. The largest absolute Gasteiger partial charge is 0.398 e. The first kappa shape index (κ1) is 10.2. The van der Waals surface area contributed by atoms with Crippen LogP contribution in [0.2, 0.25) is 0 Å². The Morgan fingerprint density at radius 3 is 3.00 bits per heavy atom. The fourth-order valence-corrected chi connectivity index (χ4v) is 3.34. The van der Waals surface area contributed by atoms with Gasteiger partial charge in [-0.1, -0.05) is 6.07 Å². The lowest BCUT2D eigenvalue weighted by Gasteiger charge is -2.14. The summed E-state index contributed by atoms with van der Waals surface area (Å²) in [5.41, 5.74) is 13.2. The van der Waals surface area contributed by atoms with Crippen molar-refractivity contribution in [3.8, 4) is 0 Å². The average Bonchev–Trinajstić information content (AvgIpc) is 2.87. The molecule has 0 aromatic heterocycles. The van der Waals surface area contributed by atoms with Crippen molar-refractivity contribution in [1.29, 1.82) is 0 Å². The van der Waals surface area contributed by atoms with E-state index in [1.54, 1.807) is 7.11 Å². The second kappa shape index (κ2) is 3.77. The van der Waals surface area contributed by atoms with E-state index in [-0.39, 0.29) is 0 Å². The Kier molecular flexibility index (Phi) is 2.40. The van der Waals surface area contributed by atoms with Crippen molar-refractivity contribution in [3.05, 3.63) is 28.3 Å². The molecule has 1 aromatic carbocycles. The van der Waals surface area contributed by atoms with E-state index in [4.69, 9.17) is 10.5 Å². The Bertz CT molecular complexity index is 425. The summed E-state index contributed by atoms with van der Waals surface area (Å²) in [7, 11) is 1.79. The molecule has 0 aliphatic heterocycles. The van der Waals surface area contributed by atoms with Crippen LogP contribution in [0.5, 0.6) is 0 Å². The molecule has 1 unspecified atom stereocenters. The van der Waals surface area contributed by atoms with Crippen LogP contribution in [0.25, 0.3) is 0 Å². The molecule has 0 radical (unpaired) electrons. The van der Waals surface area contributed by atoms with Crippen LogP contribution in [0, 0.1) is 0 Å². The summed E-state index contributed by atoms with van der Waals surface area (Å²) in [5, 5.41) is 0. The van der Waals surface area contributed by atoms with Gasteiger partial charge in [-0.05, 0) is 54.4 Å². The lowest BCUT2D eigenvalue weighted by atomic mass is 9.95. The molecule has 2 nitrogen and oxygen atoms in total. The first-order valence-electron chi connectivity index (χ1n) is 6.23. The smallest absolute Gasteiger partial charge is 0.0531 e. The number of anilines is 1. The molecular formula is C14H19NO. The number of fused-ring (bicyclic) bond motifs is 2. The van der Waals surface area contributed by atoms with E-state index >= 15 is 0 Å². The van der Waals surface area contributed by atoms with Gasteiger partial charge in [0.05, 0.1) is 6.61 Å². The first-order chi connectivity index (χ1) is 7.81. The van der Waals surface area contributed by atoms with Crippen molar-refractivity contribution in [2.24, 2.45) is 0 Å². The van der Waals surface area contributed by atoms with Crippen LogP contribution in [0.4, 0.5) is 5.69 Å². The standard InChI is InChI=1S/C14H19NO/c1-16-8-10-5-6-12-13(10)7-9-3-2-4-11(9)14(12)15/h7,10H,2-6,8,15H2,1H3. The number of aryl methyl sites for hydroxylation is 1. The maximum Gasteiger partial charge on any atom is 0.0531 e. The van der Waals surface area contributed by atoms with Crippen LogP contribution in [-0.4, -0.2) is 13.7 Å². The summed E-state index contributed by atoms with van der Waals surface area (Å²) in [6.45, 7) is 0.839. The van der Waals surface area contributed by atoms with Gasteiger partial charge in [-0.3, -0.25) is 0 Å². The van der Waals surface area contributed by atoms with Gasteiger partial charge in [0.25, 0.3) is 0 Å². The summed E-state index contributed by atoms with van der Waals surface area (Å²) < 4.78 is 5.30. The number of hydrogen-bond acceptors (Lipinski definition) is 2. The quantitative estimate of drug-likeness (QED) is 0.772. The van der Waals surface area contributed by atoms with Crippen molar-refractivity contribution < 1.29 is 4.74 Å². The van der Waals surface area contributed by atoms with Gasteiger partial charge in [0, 0.05) is 18.7 Å². The Morgan fingerprint density at radius 1 is 1.31 bits per heavy atom. The predicted octanol–water partition coefficient (Wildman–Crippen LogP) is 2.43. The molecule has 1 aromatic rings. The lowest BCUT2D eigenvalue weighted by Crippen LogP contribution is -2.04. The van der Waals surface area contributed by atoms with E-state index in [0.717, 1.165) is 18.7 Å². The van der Waals surface area contributed by atoms with E-state index in [9.17, 15) is 0 Å². The average molecular weight is 217 g/mol. The zero-order chi connectivity index (χ0) is 11.1. The van der Waals surface area contributed by atoms with Gasteiger partial charge in [-0.25, -0.2) is 0 Å². The summed E-state index contributed by atoms with van der Waals surface area (Å²) in [4.78, 5) is 0. The molecule has 0 saturated heterocycles. The summed E-state index contributed by atoms with van der Waals surface area (Å²) in [6, 6.07) is 2.41. The Hall–Kier alpha value is -1.02. The molecule has 3 rings (SSSR count). The predicted molar refractivity (Wildman–Crippen MR) is 65.8 cm³/mol. The van der Waals surface area contributed by atoms with Gasteiger partial charge < -0.3 is 10.5 Å². The van der Waals surface area contributed by atoms with Crippen LogP contribution in [-0.2, 0) is 24.0 Å². The maximum atomic E-state index is 6.30. The molecule has 16 heavy (non-hydrogen) atoms. The number of ether oxygens (including phenoxy) is 1. The maximum absolute atomic E-state index is 6.30. The molecule has 0 heterocycles. The zero-order valence-corrected chi connectivity index (χ0v) is 9.88. The van der Waals surface area contributed by atoms with E-state index in [2.05, 4.69) is 6.07 Å². The highest BCUT2D eigenvalue weighted by Crippen LogP contribution is 2.41. The van der Waals surface area contributed by atoms with Crippen molar-refractivity contribution in [2.45, 2.75) is 38.0 Å². The van der Waals surface area contributed by atoms with E-state index in [0.29, 0.717) is 5.92 Å². The van der Waals surface area contributed by atoms with Crippen LogP contribution in [0.1, 0.15) is 41.0 Å². The molecular weight excluding hydrogens is 198 g/mol. The fourth-order valence-electron chi connectivity index (χ4n) is 3.34. The molecule has 0 spiro atoms. The van der Waals surface area contributed by atoms with Gasteiger partial charge in [0.15, 0.2) is 0 Å². The molecule has 0 fully saturated rings. The van der Waals surface area contributed by atoms with Gasteiger partial charge >= 0.3 is 0 Å². The van der Waals surface area contributed by atoms with Crippen molar-refractivity contribution in [2.75, 3.05) is 19.5 Å². The minimum Gasteiger partial charge on any atom is -0.398 e. The molecule has 2 aliphatic rings. The SMILES string of the molecule is COCC1CCc2c1cc1c(c2N)CCC1. The topological polar surface area (TPSA) is 35.2 Å². The molecule has 2 N–H and O–H groups in total. The van der Waals surface area contributed by atoms with E-state index < -0.39 is 0 Å². The molecule has 86 valence electrons. The van der Waals surface area contributed by atoms with Crippen LogP contribution in [0.15, 0.2) is 6.07 Å². The van der Waals surface area contributed by atoms with Crippen molar-refractivity contribution >= 4 is 5.69 Å². The number of methoxy groups -OCH3 is 1. The highest BCUT2D eigenvalue weighted by Gasteiger charge is 2.28. The summed E-state index contributed by atoms with van der Waals surface area (Å²) in [6.07, 6.45) is 6.02. The molecule has 2 heteroatoms. The number of nitrogen functional groups attached to an aromatic ring is 1. The summed E-state index contributed by atoms with van der Waals surface area (Å²) in [5.74, 6) is 0.577. The third-order valence-electron chi connectivity index (χ3n) is 4.14. The second-order valence-corrected chi connectivity index (χ2v) is 5.04. The van der Waals surface area contributed by atoms with Crippen molar-refractivity contribution in [1.82, 2.24) is 0 Å². The molecule has 2 aliphatic carbocycles. The normalized spacial score (nSPS) is 22.2. The van der Waals surface area contributed by atoms with Crippen LogP contribution < -0.4 is 5.73 Å². The van der Waals surface area contributed by atoms with Gasteiger partial charge in [0.1, 0.15) is 0 Å². The van der Waals surface area contributed by atoms with Crippen LogP contribution >= 0.6 is 0 Å². The van der Waals surface area contributed by atoms with E-state index in [1.807, 2.05) is 0 Å². The number of benzene rings is 1. The van der Waals surface area contributed by atoms with Crippen LogP contribution in [0.3, 0.4) is 0 Å². The zero-order valence-electron chi connectivity index (χ0n) is 9.88. The highest BCUT2D eigenvalue weighted by atomic mass is 16.5. The van der Waals surface area contributed by atoms with Crippen molar-refractivity contribution in [3.63, 3.8) is 0 Å². The number of rotatable bonds is 2.